The number of nitrogens with one attached hydrogen (secondary N) is 2. The molecule has 1 aromatic carbocycles. The number of nitrogens with zero attached hydrogens (tertiary/aromatic N) is 2. The van der Waals surface area contributed by atoms with Crippen LogP contribution in [0.25, 0.3) is 0 Å². The molecule has 1 aliphatic heterocycles. The van der Waals surface area contributed by atoms with Gasteiger partial charge in [0.1, 0.15) is 5.60 Å². The largest absolute Gasteiger partial charge is 0.444 e. The summed E-state index contributed by atoms with van der Waals surface area (Å²) in [5.41, 5.74) is 1.21. The molecule has 31 heavy (non-hydrogen) atoms. The first-order valence-corrected chi connectivity index (χ1v) is 10.9. The third kappa shape index (κ3) is 8.47. The van der Waals surface area contributed by atoms with Crippen LogP contribution in [-0.2, 0) is 9.53 Å². The van der Waals surface area contributed by atoms with Gasteiger partial charge in [0.05, 0.1) is 0 Å². The van der Waals surface area contributed by atoms with E-state index >= 15 is 0 Å². The molecule has 1 aliphatic rings. The molecule has 172 valence electrons. The molecule has 8 heteroatoms. The van der Waals surface area contributed by atoms with E-state index in [1.165, 1.54) is 0 Å². The maximum Gasteiger partial charge on any atom is 0.407 e. The molecule has 1 saturated heterocycles. The predicted molar refractivity (Wildman–Crippen MR) is 121 cm³/mol. The summed E-state index contributed by atoms with van der Waals surface area (Å²) in [7, 11) is 3.94. The predicted octanol–water partition coefficient (Wildman–Crippen LogP) is 2.64. The van der Waals surface area contributed by atoms with E-state index in [-0.39, 0.29) is 24.8 Å². The molecule has 0 aromatic heterocycles. The Balaban J connectivity index is 1.65. The lowest BCUT2D eigenvalue weighted by Crippen LogP contribution is -2.42. The Labute approximate surface area is 185 Å². The molecule has 0 aliphatic carbocycles. The van der Waals surface area contributed by atoms with Gasteiger partial charge >= 0.3 is 6.09 Å². The van der Waals surface area contributed by atoms with Gasteiger partial charge in [0, 0.05) is 57.9 Å². The summed E-state index contributed by atoms with van der Waals surface area (Å²) in [6.07, 6.45) is 1.41. The average molecular weight is 433 g/mol. The van der Waals surface area contributed by atoms with Gasteiger partial charge in [-0.3, -0.25) is 9.59 Å². The Bertz CT molecular complexity index is 748. The van der Waals surface area contributed by atoms with Crippen LogP contribution in [0.15, 0.2) is 24.3 Å². The zero-order chi connectivity index (χ0) is 23.0. The van der Waals surface area contributed by atoms with Crippen LogP contribution >= 0.6 is 0 Å². The number of carbonyl (C=O) groups excluding carboxylic acids is 3. The van der Waals surface area contributed by atoms with Crippen molar-refractivity contribution in [2.45, 2.75) is 45.6 Å². The number of amides is 3. The highest BCUT2D eigenvalue weighted by Gasteiger charge is 2.24. The molecule has 0 atom stereocenters. The third-order valence-electron chi connectivity index (χ3n) is 5.14. The van der Waals surface area contributed by atoms with Crippen LogP contribution in [0, 0.1) is 5.92 Å². The first-order chi connectivity index (χ1) is 14.5. The highest BCUT2D eigenvalue weighted by atomic mass is 16.6. The van der Waals surface area contributed by atoms with E-state index in [0.29, 0.717) is 31.1 Å². The van der Waals surface area contributed by atoms with Gasteiger partial charge < -0.3 is 25.2 Å². The van der Waals surface area contributed by atoms with Gasteiger partial charge in [-0.15, -0.1) is 0 Å². The summed E-state index contributed by atoms with van der Waals surface area (Å²) in [5.74, 6) is 0.305. The van der Waals surface area contributed by atoms with Gasteiger partial charge in [-0.05, 0) is 63.8 Å². The van der Waals surface area contributed by atoms with Crippen LogP contribution in [0.1, 0.15) is 50.4 Å². The van der Waals surface area contributed by atoms with Crippen LogP contribution in [0.2, 0.25) is 0 Å². The Morgan fingerprint density at radius 1 is 1.06 bits per heavy atom. The van der Waals surface area contributed by atoms with Crippen molar-refractivity contribution in [3.8, 4) is 0 Å². The average Bonchev–Trinajstić information content (AvgIpc) is 2.71. The van der Waals surface area contributed by atoms with Crippen molar-refractivity contribution in [1.82, 2.24) is 15.5 Å². The zero-order valence-corrected chi connectivity index (χ0v) is 19.4. The lowest BCUT2D eigenvalue weighted by molar-refractivity contribution is -0.121. The van der Waals surface area contributed by atoms with Gasteiger partial charge in [-0.1, -0.05) is 0 Å². The van der Waals surface area contributed by atoms with E-state index < -0.39 is 11.7 Å². The lowest BCUT2D eigenvalue weighted by Gasteiger charge is -2.32. The molecular formula is C23H36N4O4. The molecule has 1 aromatic rings. The number of ether oxygens (including phenoxy) is 1. The molecule has 0 saturated carbocycles. The normalized spacial score (nSPS) is 14.7. The van der Waals surface area contributed by atoms with Crippen molar-refractivity contribution in [2.24, 2.45) is 5.92 Å². The fourth-order valence-electron chi connectivity index (χ4n) is 3.36. The van der Waals surface area contributed by atoms with Crippen molar-refractivity contribution < 1.29 is 19.1 Å². The maximum absolute atomic E-state index is 12.7. The second-order valence-electron chi connectivity index (χ2n) is 9.16. The summed E-state index contributed by atoms with van der Waals surface area (Å²) >= 11 is 0. The van der Waals surface area contributed by atoms with Crippen molar-refractivity contribution in [2.75, 3.05) is 45.2 Å². The molecule has 3 amide bonds. The Hall–Kier alpha value is -2.77. The number of likely N-dealkylation sites (tertiary alicyclic amines) is 1. The molecule has 1 heterocycles. The summed E-state index contributed by atoms with van der Waals surface area (Å²) in [5, 5.41) is 5.51. The maximum atomic E-state index is 12.7. The van der Waals surface area contributed by atoms with E-state index in [0.717, 1.165) is 18.5 Å². The highest BCUT2D eigenvalue weighted by molar-refractivity contribution is 5.94. The number of rotatable bonds is 7. The second kappa shape index (κ2) is 11.0. The van der Waals surface area contributed by atoms with Crippen LogP contribution in [0.3, 0.4) is 0 Å². The quantitative estimate of drug-likeness (QED) is 0.691. The van der Waals surface area contributed by atoms with E-state index in [2.05, 4.69) is 10.6 Å². The molecule has 2 rings (SSSR count). The SMILES string of the molecule is CN(C)c1ccc(C(=O)N2CCC(CNC(=O)CCNC(=O)OC(C)(C)C)CC2)cc1. The van der Waals surface area contributed by atoms with Gasteiger partial charge in [0.15, 0.2) is 0 Å². The Morgan fingerprint density at radius 2 is 1.68 bits per heavy atom. The monoisotopic (exact) mass is 432 g/mol. The molecular weight excluding hydrogens is 396 g/mol. The first-order valence-electron chi connectivity index (χ1n) is 10.9. The lowest BCUT2D eigenvalue weighted by atomic mass is 9.96. The number of hydrogen-bond donors (Lipinski definition) is 2. The fraction of sp³-hybridized carbons (Fsp3) is 0.609. The van der Waals surface area contributed by atoms with Gasteiger partial charge in [-0.2, -0.15) is 0 Å². The molecule has 2 N–H and O–H groups in total. The number of benzene rings is 1. The third-order valence-corrected chi connectivity index (χ3v) is 5.14. The molecule has 8 nitrogen and oxygen atoms in total. The molecule has 0 unspecified atom stereocenters. The number of piperidine rings is 1. The molecule has 0 spiro atoms. The van der Waals surface area contributed by atoms with Crippen LogP contribution in [-0.4, -0.2) is 68.7 Å². The standard InChI is InChI=1S/C23H36N4O4/c1-23(2,3)31-22(30)24-13-10-20(28)25-16-17-11-14-27(15-12-17)21(29)18-6-8-19(9-7-18)26(4)5/h6-9,17H,10-16H2,1-5H3,(H,24,30)(H,25,28). The number of carbonyl (C=O) groups is 3. The van der Waals surface area contributed by atoms with Gasteiger partial charge in [0.2, 0.25) is 5.91 Å². The van der Waals surface area contributed by atoms with Crippen molar-refractivity contribution in [1.29, 1.82) is 0 Å². The number of hydrogen-bond acceptors (Lipinski definition) is 5. The zero-order valence-electron chi connectivity index (χ0n) is 19.4. The van der Waals surface area contributed by atoms with Crippen LogP contribution in [0.4, 0.5) is 10.5 Å². The van der Waals surface area contributed by atoms with E-state index in [9.17, 15) is 14.4 Å². The molecule has 0 bridgehead atoms. The van der Waals surface area contributed by atoms with Crippen LogP contribution in [0.5, 0.6) is 0 Å². The fourth-order valence-corrected chi connectivity index (χ4v) is 3.36. The summed E-state index contributed by atoms with van der Waals surface area (Å²) in [6.45, 7) is 7.58. The smallest absolute Gasteiger partial charge is 0.407 e. The minimum absolute atomic E-state index is 0.0565. The number of anilines is 1. The minimum atomic E-state index is -0.557. The van der Waals surface area contributed by atoms with Crippen molar-refractivity contribution in [3.63, 3.8) is 0 Å². The second-order valence-corrected chi connectivity index (χ2v) is 9.16. The van der Waals surface area contributed by atoms with E-state index in [1.807, 2.05) is 48.2 Å². The van der Waals surface area contributed by atoms with Crippen LogP contribution < -0.4 is 15.5 Å². The minimum Gasteiger partial charge on any atom is -0.444 e. The van der Waals surface area contributed by atoms with Crippen molar-refractivity contribution in [3.05, 3.63) is 29.8 Å². The summed E-state index contributed by atoms with van der Waals surface area (Å²) < 4.78 is 5.14. The Morgan fingerprint density at radius 3 is 2.23 bits per heavy atom. The van der Waals surface area contributed by atoms with Crippen molar-refractivity contribution >= 4 is 23.6 Å². The van der Waals surface area contributed by atoms with Gasteiger partial charge in [-0.25, -0.2) is 4.79 Å². The highest BCUT2D eigenvalue weighted by Crippen LogP contribution is 2.20. The topological polar surface area (TPSA) is 91.0 Å². The van der Waals surface area contributed by atoms with E-state index in [1.54, 1.807) is 20.8 Å². The summed E-state index contributed by atoms with van der Waals surface area (Å²) in [4.78, 5) is 40.2. The Kier molecular flexibility index (Phi) is 8.71. The van der Waals surface area contributed by atoms with Gasteiger partial charge in [0.25, 0.3) is 5.91 Å². The van der Waals surface area contributed by atoms with E-state index in [4.69, 9.17) is 4.74 Å². The summed E-state index contributed by atoms with van der Waals surface area (Å²) in [6, 6.07) is 7.64. The number of alkyl carbamates (subject to hydrolysis) is 1. The molecule has 1 fully saturated rings. The molecule has 0 radical (unpaired) electrons. The first kappa shape index (κ1) is 24.5.